The van der Waals surface area contributed by atoms with Crippen LogP contribution in [0.4, 0.5) is 0 Å². The van der Waals surface area contributed by atoms with Gasteiger partial charge in [0, 0.05) is 12.6 Å². The molecule has 0 saturated carbocycles. The number of aromatic carboxylic acids is 1. The van der Waals surface area contributed by atoms with Gasteiger partial charge in [-0.3, -0.25) is 4.79 Å². The molecule has 1 aliphatic rings. The molecular weight excluding hydrogens is 262 g/mol. The fourth-order valence-electron chi connectivity index (χ4n) is 2.08. The molecule has 20 heavy (non-hydrogen) atoms. The van der Waals surface area contributed by atoms with Crippen LogP contribution >= 0.6 is 0 Å². The number of carbonyl (C=O) groups excluding carboxylic acids is 1. The van der Waals surface area contributed by atoms with Crippen molar-refractivity contribution in [2.75, 3.05) is 13.7 Å². The van der Waals surface area contributed by atoms with Gasteiger partial charge in [-0.05, 0) is 31.4 Å². The van der Waals surface area contributed by atoms with Gasteiger partial charge in [0.2, 0.25) is 0 Å². The van der Waals surface area contributed by atoms with Crippen molar-refractivity contribution in [2.24, 2.45) is 0 Å². The zero-order valence-electron chi connectivity index (χ0n) is 11.2. The van der Waals surface area contributed by atoms with Gasteiger partial charge in [-0.2, -0.15) is 0 Å². The lowest BCUT2D eigenvalue weighted by Gasteiger charge is -2.17. The molecule has 6 nitrogen and oxygen atoms in total. The minimum Gasteiger partial charge on any atom is -0.497 e. The van der Waals surface area contributed by atoms with Crippen molar-refractivity contribution in [1.29, 1.82) is 0 Å². The highest BCUT2D eigenvalue weighted by Crippen LogP contribution is 2.27. The first kappa shape index (κ1) is 14.2. The maximum Gasteiger partial charge on any atom is 0.339 e. The lowest BCUT2D eigenvalue weighted by Crippen LogP contribution is -2.36. The Morgan fingerprint density at radius 1 is 1.40 bits per heavy atom. The van der Waals surface area contributed by atoms with Crippen molar-refractivity contribution in [2.45, 2.75) is 25.4 Å². The summed E-state index contributed by atoms with van der Waals surface area (Å²) < 4.78 is 10.7. The van der Waals surface area contributed by atoms with Gasteiger partial charge >= 0.3 is 5.97 Å². The largest absolute Gasteiger partial charge is 0.497 e. The number of nitrogens with one attached hydrogen (secondary N) is 1. The van der Waals surface area contributed by atoms with E-state index in [2.05, 4.69) is 5.32 Å². The summed E-state index contributed by atoms with van der Waals surface area (Å²) in [5.74, 6) is -0.670. The molecule has 1 aliphatic heterocycles. The summed E-state index contributed by atoms with van der Waals surface area (Å²) in [7, 11) is 1.48. The Morgan fingerprint density at radius 3 is 2.90 bits per heavy atom. The number of carbonyl (C=O) groups is 2. The van der Waals surface area contributed by atoms with E-state index in [4.69, 9.17) is 14.6 Å². The molecular formula is C14H17NO5. The van der Waals surface area contributed by atoms with Gasteiger partial charge in [0.05, 0.1) is 7.11 Å². The van der Waals surface area contributed by atoms with E-state index in [1.807, 2.05) is 0 Å². The summed E-state index contributed by atoms with van der Waals surface area (Å²) >= 11 is 0. The van der Waals surface area contributed by atoms with Crippen LogP contribution in [0.1, 0.15) is 29.6 Å². The molecule has 2 rings (SSSR count). The van der Waals surface area contributed by atoms with E-state index in [0.29, 0.717) is 18.7 Å². The second-order valence-electron chi connectivity index (χ2n) is 4.56. The molecule has 1 atom stereocenters. The summed E-state index contributed by atoms with van der Waals surface area (Å²) in [6.07, 6.45) is 1.66. The predicted octanol–water partition coefficient (Wildman–Crippen LogP) is 1.44. The smallest absolute Gasteiger partial charge is 0.339 e. The summed E-state index contributed by atoms with van der Waals surface area (Å²) in [5.41, 5.74) is 0.0165. The van der Waals surface area contributed by atoms with E-state index in [-0.39, 0.29) is 17.2 Å². The number of methoxy groups -OCH3 is 1. The highest BCUT2D eigenvalue weighted by Gasteiger charge is 2.24. The van der Waals surface area contributed by atoms with E-state index in [0.717, 1.165) is 12.8 Å². The van der Waals surface area contributed by atoms with Crippen LogP contribution in [-0.2, 0) is 4.79 Å². The average molecular weight is 279 g/mol. The molecule has 1 fully saturated rings. The summed E-state index contributed by atoms with van der Waals surface area (Å²) in [5, 5.41) is 11.9. The lowest BCUT2D eigenvalue weighted by atomic mass is 10.1. The van der Waals surface area contributed by atoms with Crippen molar-refractivity contribution in [3.63, 3.8) is 0 Å². The topological polar surface area (TPSA) is 84.9 Å². The molecule has 1 aromatic rings. The third kappa shape index (κ3) is 3.20. The van der Waals surface area contributed by atoms with Gasteiger partial charge in [-0.15, -0.1) is 0 Å². The minimum atomic E-state index is -1.10. The Balaban J connectivity index is 2.25. The third-order valence-corrected chi connectivity index (χ3v) is 3.17. The number of hydrogen-bond acceptors (Lipinski definition) is 4. The van der Waals surface area contributed by atoms with E-state index in [1.54, 1.807) is 6.07 Å². The number of ether oxygens (including phenoxy) is 2. The molecule has 0 spiro atoms. The number of carboxylic acids is 1. The normalized spacial score (nSPS) is 18.9. The predicted molar refractivity (Wildman–Crippen MR) is 71.2 cm³/mol. The number of rotatable bonds is 4. The molecule has 108 valence electrons. The van der Waals surface area contributed by atoms with Gasteiger partial charge in [-0.1, -0.05) is 0 Å². The van der Waals surface area contributed by atoms with Gasteiger partial charge in [0.15, 0.2) is 6.10 Å². The number of carboxylic acid groups (broad SMARTS) is 1. The van der Waals surface area contributed by atoms with Crippen LogP contribution in [0.5, 0.6) is 11.5 Å². The van der Waals surface area contributed by atoms with Crippen molar-refractivity contribution >= 4 is 11.9 Å². The first-order valence-corrected chi connectivity index (χ1v) is 6.47. The number of amides is 1. The third-order valence-electron chi connectivity index (χ3n) is 3.17. The Kier molecular flexibility index (Phi) is 4.45. The van der Waals surface area contributed by atoms with Gasteiger partial charge < -0.3 is 19.9 Å². The van der Waals surface area contributed by atoms with Crippen LogP contribution in [0.15, 0.2) is 18.2 Å². The SMILES string of the molecule is COc1ccc(C(=O)O)c(OC2CCCCNC2=O)c1. The molecule has 6 heteroatoms. The van der Waals surface area contributed by atoms with Crippen molar-refractivity contribution in [1.82, 2.24) is 5.32 Å². The molecule has 0 aliphatic carbocycles. The lowest BCUT2D eigenvalue weighted by molar-refractivity contribution is -0.127. The monoisotopic (exact) mass is 279 g/mol. The summed E-state index contributed by atoms with van der Waals surface area (Å²) in [6.45, 7) is 0.628. The fourth-order valence-corrected chi connectivity index (χ4v) is 2.08. The van der Waals surface area contributed by atoms with Crippen LogP contribution in [0.25, 0.3) is 0 Å². The van der Waals surface area contributed by atoms with Crippen LogP contribution in [-0.4, -0.2) is 36.7 Å². The second-order valence-corrected chi connectivity index (χ2v) is 4.56. The molecule has 1 saturated heterocycles. The number of hydrogen-bond donors (Lipinski definition) is 2. The van der Waals surface area contributed by atoms with Crippen molar-refractivity contribution < 1.29 is 24.2 Å². The minimum absolute atomic E-state index is 0.0165. The second kappa shape index (κ2) is 6.27. The molecule has 1 aromatic carbocycles. The summed E-state index contributed by atoms with van der Waals surface area (Å²) in [6, 6.07) is 4.44. The van der Waals surface area contributed by atoms with Crippen molar-refractivity contribution in [3.05, 3.63) is 23.8 Å². The zero-order chi connectivity index (χ0) is 14.5. The standard InChI is InChI=1S/C14H17NO5/c1-19-9-5-6-10(14(17)18)12(8-9)20-11-4-2-3-7-15-13(11)16/h5-6,8,11H,2-4,7H2,1H3,(H,15,16)(H,17,18). The Morgan fingerprint density at radius 2 is 2.20 bits per heavy atom. The van der Waals surface area contributed by atoms with Crippen LogP contribution in [0.2, 0.25) is 0 Å². The maximum atomic E-state index is 11.8. The van der Waals surface area contributed by atoms with Crippen molar-refractivity contribution in [3.8, 4) is 11.5 Å². The maximum absolute atomic E-state index is 11.8. The summed E-state index contributed by atoms with van der Waals surface area (Å²) in [4.78, 5) is 23.0. The van der Waals surface area contributed by atoms with Gasteiger partial charge in [-0.25, -0.2) is 4.79 Å². The van der Waals surface area contributed by atoms with E-state index in [9.17, 15) is 9.59 Å². The zero-order valence-corrected chi connectivity index (χ0v) is 11.2. The first-order chi connectivity index (χ1) is 9.61. The van der Waals surface area contributed by atoms with E-state index in [1.165, 1.54) is 19.2 Å². The molecule has 0 aromatic heterocycles. The fraction of sp³-hybridized carbons (Fsp3) is 0.429. The van der Waals surface area contributed by atoms with Crippen LogP contribution in [0.3, 0.4) is 0 Å². The Hall–Kier alpha value is -2.24. The molecule has 0 bridgehead atoms. The quantitative estimate of drug-likeness (QED) is 0.871. The van der Waals surface area contributed by atoms with E-state index < -0.39 is 12.1 Å². The average Bonchev–Trinajstić information content (AvgIpc) is 2.64. The Bertz CT molecular complexity index is 514. The van der Waals surface area contributed by atoms with Gasteiger partial charge in [0.25, 0.3) is 5.91 Å². The van der Waals surface area contributed by atoms with E-state index >= 15 is 0 Å². The molecule has 1 unspecified atom stereocenters. The number of benzene rings is 1. The highest BCUT2D eigenvalue weighted by molar-refractivity contribution is 5.91. The first-order valence-electron chi connectivity index (χ1n) is 6.47. The van der Waals surface area contributed by atoms with Gasteiger partial charge in [0.1, 0.15) is 17.1 Å². The molecule has 1 heterocycles. The molecule has 1 amide bonds. The molecule has 0 radical (unpaired) electrons. The highest BCUT2D eigenvalue weighted by atomic mass is 16.5. The molecule has 2 N–H and O–H groups in total. The van der Waals surface area contributed by atoms with Crippen LogP contribution < -0.4 is 14.8 Å². The van der Waals surface area contributed by atoms with Crippen LogP contribution in [0, 0.1) is 0 Å². The Labute approximate surface area is 116 Å².